The van der Waals surface area contributed by atoms with Gasteiger partial charge >= 0.3 is 0 Å². The number of nitrogens with one attached hydrogen (secondary N) is 1. The van der Waals surface area contributed by atoms with Crippen molar-refractivity contribution in [2.45, 2.75) is 57.7 Å². The third kappa shape index (κ3) is 4.48. The van der Waals surface area contributed by atoms with Crippen molar-refractivity contribution in [3.8, 4) is 0 Å². The highest BCUT2D eigenvalue weighted by atomic mass is 35.5. The second kappa shape index (κ2) is 8.30. The predicted molar refractivity (Wildman–Crippen MR) is 83.1 cm³/mol. The number of hydrogen-bond donors (Lipinski definition) is 2. The van der Waals surface area contributed by atoms with Crippen LogP contribution >= 0.6 is 24.8 Å². The molecule has 4 nitrogen and oxygen atoms in total. The molecule has 3 atom stereocenters. The van der Waals surface area contributed by atoms with E-state index in [-0.39, 0.29) is 42.7 Å². The van der Waals surface area contributed by atoms with Crippen LogP contribution in [0.3, 0.4) is 0 Å². The van der Waals surface area contributed by atoms with Crippen LogP contribution in [0.1, 0.15) is 39.5 Å². The molecule has 0 aromatic heterocycles. The fourth-order valence-electron chi connectivity index (χ4n) is 3.00. The van der Waals surface area contributed by atoms with Gasteiger partial charge in [0.1, 0.15) is 0 Å². The Kier molecular flexibility index (Phi) is 8.29. The number of carbonyl (C=O) groups is 1. The molecular formula is C13H27Cl2N3O. The summed E-state index contributed by atoms with van der Waals surface area (Å²) >= 11 is 0. The molecule has 2 fully saturated rings. The largest absolute Gasteiger partial charge is 0.350 e. The number of halogens is 2. The number of hydrogen-bond acceptors (Lipinski definition) is 3. The van der Waals surface area contributed by atoms with Crippen molar-refractivity contribution in [2.24, 2.45) is 11.7 Å². The lowest BCUT2D eigenvalue weighted by atomic mass is 9.98. The molecule has 1 amide bonds. The number of carbonyl (C=O) groups excluding carboxylic acids is 1. The number of piperidine rings is 1. The van der Waals surface area contributed by atoms with Crippen molar-refractivity contribution in [1.29, 1.82) is 0 Å². The highest BCUT2D eigenvalue weighted by molar-refractivity contribution is 5.85. The first kappa shape index (κ1) is 19.0. The lowest BCUT2D eigenvalue weighted by Gasteiger charge is -2.33. The van der Waals surface area contributed by atoms with Gasteiger partial charge in [0, 0.05) is 18.6 Å². The molecule has 6 heteroatoms. The standard InChI is InChI=1S/C13H25N3O.2ClH/c1-9(2)12(14)13(17)15-10-6-8-16-7-4-3-5-11(10)16;;/h9-12H,3-8,14H2,1-2H3,(H,15,17);2*1H. The maximum Gasteiger partial charge on any atom is 0.237 e. The minimum Gasteiger partial charge on any atom is -0.350 e. The molecule has 114 valence electrons. The van der Waals surface area contributed by atoms with E-state index in [2.05, 4.69) is 10.2 Å². The topological polar surface area (TPSA) is 58.4 Å². The first-order chi connectivity index (χ1) is 8.09. The molecule has 0 aromatic carbocycles. The molecule has 0 aliphatic carbocycles. The van der Waals surface area contributed by atoms with Crippen LogP contribution < -0.4 is 11.1 Å². The second-order valence-electron chi connectivity index (χ2n) is 5.77. The maximum absolute atomic E-state index is 12.0. The Balaban J connectivity index is 0.00000162. The van der Waals surface area contributed by atoms with E-state index in [1.165, 1.54) is 25.8 Å². The molecule has 2 aliphatic rings. The van der Waals surface area contributed by atoms with Crippen molar-refractivity contribution >= 4 is 30.7 Å². The third-order valence-corrected chi connectivity index (χ3v) is 4.20. The maximum atomic E-state index is 12.0. The van der Waals surface area contributed by atoms with E-state index >= 15 is 0 Å². The molecular weight excluding hydrogens is 285 g/mol. The Hall–Kier alpha value is -0.0300. The van der Waals surface area contributed by atoms with Crippen LogP contribution in [0.5, 0.6) is 0 Å². The molecule has 0 bridgehead atoms. The smallest absolute Gasteiger partial charge is 0.237 e. The van der Waals surface area contributed by atoms with E-state index in [1.54, 1.807) is 0 Å². The molecule has 0 saturated carbocycles. The summed E-state index contributed by atoms with van der Waals surface area (Å²) in [6, 6.07) is 0.521. The normalized spacial score (nSPS) is 28.0. The molecule has 19 heavy (non-hydrogen) atoms. The Morgan fingerprint density at radius 1 is 1.21 bits per heavy atom. The first-order valence-electron chi connectivity index (χ1n) is 6.89. The SMILES string of the molecule is CC(C)C(N)C(=O)NC1CCN2CCCCC12.Cl.Cl. The second-order valence-corrected chi connectivity index (χ2v) is 5.77. The summed E-state index contributed by atoms with van der Waals surface area (Å²) < 4.78 is 0. The van der Waals surface area contributed by atoms with Gasteiger partial charge in [0.05, 0.1) is 6.04 Å². The summed E-state index contributed by atoms with van der Waals surface area (Å²) in [5.74, 6) is 0.233. The number of rotatable bonds is 3. The van der Waals surface area contributed by atoms with Crippen molar-refractivity contribution in [3.63, 3.8) is 0 Å². The summed E-state index contributed by atoms with van der Waals surface area (Å²) in [5, 5.41) is 3.15. The lowest BCUT2D eigenvalue weighted by Crippen LogP contribution is -2.52. The Morgan fingerprint density at radius 3 is 2.53 bits per heavy atom. The fourth-order valence-corrected chi connectivity index (χ4v) is 3.00. The summed E-state index contributed by atoms with van der Waals surface area (Å²) in [7, 11) is 0. The van der Waals surface area contributed by atoms with E-state index in [9.17, 15) is 4.79 Å². The molecule has 0 aromatic rings. The molecule has 0 radical (unpaired) electrons. The van der Waals surface area contributed by atoms with Crippen LogP contribution in [-0.4, -0.2) is 42.0 Å². The van der Waals surface area contributed by atoms with Crippen LogP contribution in [0.25, 0.3) is 0 Å². The Morgan fingerprint density at radius 2 is 1.89 bits per heavy atom. The van der Waals surface area contributed by atoms with Gasteiger partial charge in [-0.05, 0) is 31.7 Å². The van der Waals surface area contributed by atoms with Crippen LogP contribution in [0, 0.1) is 5.92 Å². The lowest BCUT2D eigenvalue weighted by molar-refractivity contribution is -0.124. The molecule has 2 aliphatic heterocycles. The number of nitrogens with two attached hydrogens (primary N) is 1. The zero-order valence-electron chi connectivity index (χ0n) is 11.8. The van der Waals surface area contributed by atoms with E-state index in [0.29, 0.717) is 12.1 Å². The van der Waals surface area contributed by atoms with Crippen LogP contribution in [0.4, 0.5) is 0 Å². The molecule has 3 N–H and O–H groups in total. The van der Waals surface area contributed by atoms with Gasteiger partial charge in [-0.25, -0.2) is 0 Å². The molecule has 3 unspecified atom stereocenters. The van der Waals surface area contributed by atoms with Crippen LogP contribution in [0.15, 0.2) is 0 Å². The van der Waals surface area contributed by atoms with Gasteiger partial charge in [-0.15, -0.1) is 24.8 Å². The van der Waals surface area contributed by atoms with E-state index in [4.69, 9.17) is 5.73 Å². The van der Waals surface area contributed by atoms with Crippen molar-refractivity contribution in [3.05, 3.63) is 0 Å². The van der Waals surface area contributed by atoms with Gasteiger partial charge in [0.15, 0.2) is 0 Å². The number of amides is 1. The zero-order valence-corrected chi connectivity index (χ0v) is 13.4. The van der Waals surface area contributed by atoms with E-state index in [0.717, 1.165) is 13.0 Å². The summed E-state index contributed by atoms with van der Waals surface area (Å²) in [6.45, 7) is 6.32. The number of nitrogens with zero attached hydrogens (tertiary/aromatic N) is 1. The van der Waals surface area contributed by atoms with Crippen LogP contribution in [-0.2, 0) is 4.79 Å². The van der Waals surface area contributed by atoms with Gasteiger partial charge in [-0.2, -0.15) is 0 Å². The van der Waals surface area contributed by atoms with Crippen LogP contribution in [0.2, 0.25) is 0 Å². The minimum atomic E-state index is -0.368. The Bertz CT molecular complexity index is 289. The zero-order chi connectivity index (χ0) is 12.4. The first-order valence-corrected chi connectivity index (χ1v) is 6.89. The quantitative estimate of drug-likeness (QED) is 0.831. The van der Waals surface area contributed by atoms with Gasteiger partial charge in [0.25, 0.3) is 0 Å². The van der Waals surface area contributed by atoms with Crippen molar-refractivity contribution in [2.75, 3.05) is 13.1 Å². The third-order valence-electron chi connectivity index (χ3n) is 4.20. The minimum absolute atomic E-state index is 0. The van der Waals surface area contributed by atoms with Gasteiger partial charge in [0.2, 0.25) is 5.91 Å². The molecule has 2 heterocycles. The predicted octanol–water partition coefficient (Wildman–Crippen LogP) is 1.56. The highest BCUT2D eigenvalue weighted by Gasteiger charge is 2.36. The molecule has 2 rings (SSSR count). The highest BCUT2D eigenvalue weighted by Crippen LogP contribution is 2.27. The average Bonchev–Trinajstić information content (AvgIpc) is 2.71. The Labute approximate surface area is 128 Å². The summed E-state index contributed by atoms with van der Waals surface area (Å²) in [5.41, 5.74) is 5.88. The monoisotopic (exact) mass is 311 g/mol. The van der Waals surface area contributed by atoms with E-state index in [1.807, 2.05) is 13.8 Å². The number of fused-ring (bicyclic) bond motifs is 1. The average molecular weight is 312 g/mol. The van der Waals surface area contributed by atoms with E-state index < -0.39 is 0 Å². The fraction of sp³-hybridized carbons (Fsp3) is 0.923. The summed E-state index contributed by atoms with van der Waals surface area (Å²) in [4.78, 5) is 14.5. The van der Waals surface area contributed by atoms with Crippen molar-refractivity contribution in [1.82, 2.24) is 10.2 Å². The van der Waals surface area contributed by atoms with Gasteiger partial charge < -0.3 is 11.1 Å². The molecule has 0 spiro atoms. The molecule has 2 saturated heterocycles. The van der Waals surface area contributed by atoms with Gasteiger partial charge in [-0.3, -0.25) is 9.69 Å². The summed E-state index contributed by atoms with van der Waals surface area (Å²) in [6.07, 6.45) is 4.91. The van der Waals surface area contributed by atoms with Crippen molar-refractivity contribution < 1.29 is 4.79 Å². The van der Waals surface area contributed by atoms with Gasteiger partial charge in [-0.1, -0.05) is 20.3 Å².